The monoisotopic (exact) mass is 1180 g/mol. The molecule has 0 radical (unpaired) electrons. The van der Waals surface area contributed by atoms with E-state index in [0.29, 0.717) is 39.6 Å². The quantitative estimate of drug-likeness (QED) is 0.147. The van der Waals surface area contributed by atoms with E-state index in [9.17, 15) is 10.5 Å². The molecule has 6 aromatic heterocycles. The van der Waals surface area contributed by atoms with Crippen LogP contribution in [0.25, 0.3) is 167 Å². The number of furan rings is 2. The largest absolute Gasteiger partial charge is 0.452 e. The van der Waals surface area contributed by atoms with E-state index in [1.54, 1.807) is 18.2 Å². The van der Waals surface area contributed by atoms with Gasteiger partial charge in [0.25, 0.3) is 0 Å². The molecule has 0 fully saturated rings. The van der Waals surface area contributed by atoms with Gasteiger partial charge < -0.3 is 18.0 Å². The highest BCUT2D eigenvalue weighted by Gasteiger charge is 2.25. The Balaban J connectivity index is 0.000000141. The average Bonchev–Trinajstić information content (AvgIpc) is 1.60. The molecule has 0 aliphatic rings. The van der Waals surface area contributed by atoms with Crippen molar-refractivity contribution in [3.63, 3.8) is 0 Å². The molecule has 6 heterocycles. The predicted molar refractivity (Wildman–Crippen MR) is 369 cm³/mol. The van der Waals surface area contributed by atoms with Crippen LogP contribution in [0.4, 0.5) is 0 Å². The Labute approximate surface area is 526 Å². The van der Waals surface area contributed by atoms with Gasteiger partial charge in [0.1, 0.15) is 33.6 Å². The van der Waals surface area contributed by atoms with Crippen molar-refractivity contribution in [1.29, 1.82) is 10.5 Å². The van der Waals surface area contributed by atoms with Crippen LogP contribution in [0.15, 0.2) is 300 Å². The highest BCUT2D eigenvalue weighted by Crippen LogP contribution is 2.45. The normalized spacial score (nSPS) is 11.5. The Morgan fingerprint density at radius 1 is 0.304 bits per heavy atom. The van der Waals surface area contributed by atoms with Crippen molar-refractivity contribution in [2.24, 2.45) is 0 Å². The fourth-order valence-electron chi connectivity index (χ4n) is 13.2. The first-order valence-corrected chi connectivity index (χ1v) is 30.3. The molecule has 0 amide bonds. The standard InChI is InChI=1S/2C41H24N4O/c42-25-26-21-23-28(24-22-26)41-43-37(27-11-2-1-3-12-27)40-38(44-41)33-17-10-16-32(39(33)46-40)31-15-6-9-20-36(31)45-34-18-7-4-13-29(34)30-14-5-8-19-35(30)45;42-25-26-11-8-15-29(23-26)41-43-38(27-12-2-1-3-13-27)40-39(44-41)37-31(19-10-22-36(37)46-40)28-14-9-16-30(24-28)45-34-20-6-4-17-32(34)33-18-5-7-21-35(33)45/h2*1-24H. The van der Waals surface area contributed by atoms with Crippen molar-refractivity contribution in [3.8, 4) is 91.1 Å². The highest BCUT2D eigenvalue weighted by atomic mass is 16.3. The summed E-state index contributed by atoms with van der Waals surface area (Å²) >= 11 is 0. The third-order valence-electron chi connectivity index (χ3n) is 17.3. The number of benzene rings is 12. The van der Waals surface area contributed by atoms with Crippen LogP contribution in [0.1, 0.15) is 11.1 Å². The maximum atomic E-state index is 9.58. The highest BCUT2D eigenvalue weighted by molar-refractivity contribution is 6.16. The number of rotatable bonds is 8. The fraction of sp³-hybridized carbons (Fsp3) is 0. The molecule has 10 nitrogen and oxygen atoms in total. The lowest BCUT2D eigenvalue weighted by Crippen LogP contribution is -1.97. The lowest BCUT2D eigenvalue weighted by Gasteiger charge is -2.14. The molecular weight excluding hydrogens is 1130 g/mol. The molecule has 12 aromatic carbocycles. The molecule has 18 rings (SSSR count). The van der Waals surface area contributed by atoms with Gasteiger partial charge in [0.2, 0.25) is 0 Å². The van der Waals surface area contributed by atoms with Gasteiger partial charge in [0, 0.05) is 66.0 Å². The summed E-state index contributed by atoms with van der Waals surface area (Å²) in [5.74, 6) is 1.12. The van der Waals surface area contributed by atoms with Crippen molar-refractivity contribution in [3.05, 3.63) is 302 Å². The number of hydrogen-bond donors (Lipinski definition) is 0. The number of fused-ring (bicyclic) bond motifs is 12. The Kier molecular flexibility index (Phi) is 12.7. The first-order valence-electron chi connectivity index (χ1n) is 30.3. The zero-order chi connectivity index (χ0) is 61.2. The van der Waals surface area contributed by atoms with E-state index in [2.05, 4.69) is 191 Å². The Morgan fingerprint density at radius 2 is 0.783 bits per heavy atom. The van der Waals surface area contributed by atoms with Gasteiger partial charge in [0.15, 0.2) is 22.8 Å². The zero-order valence-corrected chi connectivity index (χ0v) is 49.1. The summed E-state index contributed by atoms with van der Waals surface area (Å²) in [7, 11) is 0. The van der Waals surface area contributed by atoms with Crippen LogP contribution in [0.2, 0.25) is 0 Å². The Bertz CT molecular complexity index is 5940. The molecular formula is C82H48N8O2. The molecule has 0 bridgehead atoms. The van der Waals surface area contributed by atoms with Crippen molar-refractivity contribution in [2.45, 2.75) is 0 Å². The minimum Gasteiger partial charge on any atom is -0.452 e. The van der Waals surface area contributed by atoms with Crippen molar-refractivity contribution in [1.82, 2.24) is 29.1 Å². The zero-order valence-electron chi connectivity index (χ0n) is 49.1. The van der Waals surface area contributed by atoms with E-state index >= 15 is 0 Å². The van der Waals surface area contributed by atoms with Gasteiger partial charge >= 0.3 is 0 Å². The number of aromatic nitrogens is 6. The van der Waals surface area contributed by atoms with E-state index in [1.165, 1.54) is 21.5 Å². The Hall–Kier alpha value is -13.0. The molecule has 10 heteroatoms. The SMILES string of the molecule is N#Cc1ccc(-c2nc(-c3ccccc3)c3oc4c(-c5ccccc5-n5c6ccccc6c6ccccc65)cccc4c3n2)cc1.N#Cc1cccc(-c2nc(-c3ccccc3)c3oc4cccc(-c5cccc(-n6c7ccccc7c7ccccc76)c5)c4c3n2)c1. The van der Waals surface area contributed by atoms with Gasteiger partial charge in [-0.25, -0.2) is 19.9 Å². The first kappa shape index (κ1) is 53.2. The summed E-state index contributed by atoms with van der Waals surface area (Å²) in [6.07, 6.45) is 0. The molecule has 0 saturated carbocycles. The second-order valence-electron chi connectivity index (χ2n) is 22.6. The molecule has 0 N–H and O–H groups in total. The van der Waals surface area contributed by atoms with Gasteiger partial charge in [-0.2, -0.15) is 10.5 Å². The van der Waals surface area contributed by atoms with Crippen LogP contribution in [-0.4, -0.2) is 29.1 Å². The minimum atomic E-state index is 0.542. The van der Waals surface area contributed by atoms with Crippen molar-refractivity contribution >= 4 is 87.7 Å². The average molecular weight is 1180 g/mol. The summed E-state index contributed by atoms with van der Waals surface area (Å²) < 4.78 is 18.1. The molecule has 0 spiro atoms. The molecule has 428 valence electrons. The summed E-state index contributed by atoms with van der Waals surface area (Å²) in [6, 6.07) is 103. The summed E-state index contributed by atoms with van der Waals surface area (Å²) in [5, 5.41) is 25.6. The van der Waals surface area contributed by atoms with Gasteiger partial charge in [0.05, 0.1) is 56.4 Å². The molecule has 0 atom stereocenters. The second kappa shape index (κ2) is 22.0. The molecule has 0 saturated heterocycles. The van der Waals surface area contributed by atoms with Crippen molar-refractivity contribution in [2.75, 3.05) is 0 Å². The van der Waals surface area contributed by atoms with Gasteiger partial charge in [-0.05, 0) is 102 Å². The summed E-state index contributed by atoms with van der Waals surface area (Å²) in [5.41, 5.74) is 21.2. The third-order valence-corrected chi connectivity index (χ3v) is 17.3. The molecule has 18 aromatic rings. The molecule has 0 aliphatic carbocycles. The third kappa shape index (κ3) is 8.86. The molecule has 92 heavy (non-hydrogen) atoms. The van der Waals surface area contributed by atoms with Crippen LogP contribution < -0.4 is 0 Å². The summed E-state index contributed by atoms with van der Waals surface area (Å²) in [6.45, 7) is 0. The lowest BCUT2D eigenvalue weighted by atomic mass is 10.00. The maximum absolute atomic E-state index is 9.58. The number of hydrogen-bond acceptors (Lipinski definition) is 8. The topological polar surface area (TPSA) is 135 Å². The van der Waals surface area contributed by atoms with Gasteiger partial charge in [-0.1, -0.05) is 200 Å². The van der Waals surface area contributed by atoms with Crippen LogP contribution >= 0.6 is 0 Å². The van der Waals surface area contributed by atoms with Crippen molar-refractivity contribution < 1.29 is 8.83 Å². The van der Waals surface area contributed by atoms with E-state index in [-0.39, 0.29) is 0 Å². The second-order valence-corrected chi connectivity index (χ2v) is 22.6. The lowest BCUT2D eigenvalue weighted by molar-refractivity contribution is 0.667. The summed E-state index contributed by atoms with van der Waals surface area (Å²) in [4.78, 5) is 20.2. The van der Waals surface area contributed by atoms with E-state index in [1.807, 2.05) is 103 Å². The van der Waals surface area contributed by atoms with Gasteiger partial charge in [-0.15, -0.1) is 0 Å². The Morgan fingerprint density at radius 3 is 1.42 bits per heavy atom. The van der Waals surface area contributed by atoms with Crippen LogP contribution in [-0.2, 0) is 0 Å². The van der Waals surface area contributed by atoms with Gasteiger partial charge in [-0.3, -0.25) is 0 Å². The maximum Gasteiger partial charge on any atom is 0.180 e. The first-order chi connectivity index (χ1) is 45.5. The number of para-hydroxylation sites is 6. The van der Waals surface area contributed by atoms with Crippen LogP contribution in [0, 0.1) is 22.7 Å². The van der Waals surface area contributed by atoms with E-state index in [4.69, 9.17) is 28.8 Å². The fourth-order valence-corrected chi connectivity index (χ4v) is 13.2. The van der Waals surface area contributed by atoms with Crippen LogP contribution in [0.3, 0.4) is 0 Å². The van der Waals surface area contributed by atoms with E-state index in [0.717, 1.165) is 117 Å². The van der Waals surface area contributed by atoms with E-state index < -0.39 is 0 Å². The number of nitrogens with zero attached hydrogens (tertiary/aromatic N) is 8. The smallest absolute Gasteiger partial charge is 0.180 e. The predicted octanol–water partition coefficient (Wildman–Crippen LogP) is 20.7. The molecule has 0 aliphatic heterocycles. The minimum absolute atomic E-state index is 0.542. The van der Waals surface area contributed by atoms with Crippen LogP contribution in [0.5, 0.6) is 0 Å². The number of nitriles is 2. The molecule has 0 unspecified atom stereocenters.